The lowest BCUT2D eigenvalue weighted by atomic mass is 10.2. The van der Waals surface area contributed by atoms with E-state index in [1.165, 1.54) is 15.3 Å². The Morgan fingerprint density at radius 3 is 2.42 bits per heavy atom. The zero-order valence-electron chi connectivity index (χ0n) is 14.6. The van der Waals surface area contributed by atoms with E-state index in [1.54, 1.807) is 28.0 Å². The number of nitrogens with zero attached hydrogens (tertiary/aromatic N) is 2. The molecule has 24 heavy (non-hydrogen) atoms. The van der Waals surface area contributed by atoms with Gasteiger partial charge in [-0.05, 0) is 24.6 Å². The molecule has 1 amide bonds. The molecule has 0 atom stereocenters. The standard InChI is InChI=1S/C16H25FN2O4S/c1-5-19(6-2)24(21,22)13-8-9-15(17)14(12-13)16(20)18(3)10-7-11-23-4/h8-9,12H,5-7,10-11H2,1-4H3. The van der Waals surface area contributed by atoms with E-state index >= 15 is 0 Å². The maximum atomic E-state index is 14.0. The largest absolute Gasteiger partial charge is 0.385 e. The molecule has 1 aromatic rings. The lowest BCUT2D eigenvalue weighted by Crippen LogP contribution is -2.32. The third-order valence-corrected chi connectivity index (χ3v) is 5.75. The summed E-state index contributed by atoms with van der Waals surface area (Å²) in [5.74, 6) is -1.29. The third kappa shape index (κ3) is 4.75. The fourth-order valence-corrected chi connectivity index (χ4v) is 3.78. The summed E-state index contributed by atoms with van der Waals surface area (Å²) in [6.45, 7) is 4.92. The number of hydrogen-bond donors (Lipinski definition) is 0. The Hall–Kier alpha value is -1.51. The molecule has 0 radical (unpaired) electrons. The van der Waals surface area contributed by atoms with Crippen LogP contribution in [0.5, 0.6) is 0 Å². The predicted molar refractivity (Wildman–Crippen MR) is 90.0 cm³/mol. The molecule has 0 saturated heterocycles. The molecule has 8 heteroatoms. The number of hydrogen-bond acceptors (Lipinski definition) is 4. The van der Waals surface area contributed by atoms with Crippen molar-refractivity contribution in [2.24, 2.45) is 0 Å². The summed E-state index contributed by atoms with van der Waals surface area (Å²) in [5, 5.41) is 0. The monoisotopic (exact) mass is 360 g/mol. The Balaban J connectivity index is 3.12. The van der Waals surface area contributed by atoms with Crippen LogP contribution in [-0.4, -0.2) is 63.9 Å². The van der Waals surface area contributed by atoms with Crippen molar-refractivity contribution in [1.29, 1.82) is 0 Å². The van der Waals surface area contributed by atoms with Crippen LogP contribution in [0.15, 0.2) is 23.1 Å². The van der Waals surface area contributed by atoms with Gasteiger partial charge in [-0.1, -0.05) is 13.8 Å². The Bertz CT molecular complexity index is 660. The highest BCUT2D eigenvalue weighted by Gasteiger charge is 2.25. The first-order valence-corrected chi connectivity index (χ1v) is 9.27. The van der Waals surface area contributed by atoms with Gasteiger partial charge in [-0.25, -0.2) is 12.8 Å². The SMILES string of the molecule is CCN(CC)S(=O)(=O)c1ccc(F)c(C(=O)N(C)CCCOC)c1. The fourth-order valence-electron chi connectivity index (χ4n) is 2.29. The van der Waals surface area contributed by atoms with Crippen LogP contribution >= 0.6 is 0 Å². The zero-order valence-corrected chi connectivity index (χ0v) is 15.4. The summed E-state index contributed by atoms with van der Waals surface area (Å²) in [7, 11) is -0.641. The van der Waals surface area contributed by atoms with E-state index in [-0.39, 0.29) is 10.5 Å². The lowest BCUT2D eigenvalue weighted by Gasteiger charge is -2.20. The molecule has 0 N–H and O–H groups in total. The van der Waals surface area contributed by atoms with E-state index < -0.39 is 21.7 Å². The molecule has 0 aliphatic heterocycles. The van der Waals surface area contributed by atoms with E-state index in [0.29, 0.717) is 32.7 Å². The van der Waals surface area contributed by atoms with Crippen molar-refractivity contribution >= 4 is 15.9 Å². The van der Waals surface area contributed by atoms with Gasteiger partial charge in [0, 0.05) is 40.4 Å². The van der Waals surface area contributed by atoms with Crippen molar-refractivity contribution < 1.29 is 22.3 Å². The maximum Gasteiger partial charge on any atom is 0.256 e. The van der Waals surface area contributed by atoms with Crippen molar-refractivity contribution in [3.8, 4) is 0 Å². The second kappa shape index (κ2) is 9.10. The highest BCUT2D eigenvalue weighted by molar-refractivity contribution is 7.89. The van der Waals surface area contributed by atoms with Crippen LogP contribution in [0.25, 0.3) is 0 Å². The van der Waals surface area contributed by atoms with Crippen LogP contribution < -0.4 is 0 Å². The second-order valence-corrected chi connectivity index (χ2v) is 7.24. The minimum Gasteiger partial charge on any atom is -0.385 e. The van der Waals surface area contributed by atoms with Crippen molar-refractivity contribution in [3.05, 3.63) is 29.6 Å². The number of benzene rings is 1. The number of sulfonamides is 1. The molecule has 6 nitrogen and oxygen atoms in total. The fraction of sp³-hybridized carbons (Fsp3) is 0.562. The van der Waals surface area contributed by atoms with Crippen molar-refractivity contribution in [2.75, 3.05) is 40.4 Å². The van der Waals surface area contributed by atoms with Crippen molar-refractivity contribution in [2.45, 2.75) is 25.2 Å². The number of carbonyl (C=O) groups is 1. The molecule has 0 aliphatic rings. The first-order chi connectivity index (χ1) is 11.3. The van der Waals surface area contributed by atoms with E-state index in [2.05, 4.69) is 0 Å². The number of rotatable bonds is 9. The molecule has 0 fully saturated rings. The van der Waals surface area contributed by atoms with E-state index in [0.717, 1.165) is 12.1 Å². The van der Waals surface area contributed by atoms with Crippen molar-refractivity contribution in [3.63, 3.8) is 0 Å². The molecule has 0 saturated carbocycles. The predicted octanol–water partition coefficient (Wildman–Crippen LogP) is 1.96. The minimum atomic E-state index is -3.74. The average molecular weight is 360 g/mol. The first-order valence-electron chi connectivity index (χ1n) is 7.83. The number of amides is 1. The quantitative estimate of drug-likeness (QED) is 0.632. The zero-order chi connectivity index (χ0) is 18.3. The summed E-state index contributed by atoms with van der Waals surface area (Å²) in [5.41, 5.74) is -0.247. The number of carbonyl (C=O) groups excluding carboxylic acids is 1. The van der Waals surface area contributed by atoms with Gasteiger partial charge in [-0.15, -0.1) is 0 Å². The van der Waals surface area contributed by atoms with Crippen molar-refractivity contribution in [1.82, 2.24) is 9.21 Å². The molecular formula is C16H25FN2O4S. The summed E-state index contributed by atoms with van der Waals surface area (Å²) in [6.07, 6.45) is 0.609. The number of methoxy groups -OCH3 is 1. The summed E-state index contributed by atoms with van der Waals surface area (Å²) in [6, 6.07) is 3.31. The molecular weight excluding hydrogens is 335 g/mol. The Kier molecular flexibility index (Phi) is 7.78. The minimum absolute atomic E-state index is 0.0822. The molecule has 136 valence electrons. The highest BCUT2D eigenvalue weighted by Crippen LogP contribution is 2.20. The average Bonchev–Trinajstić information content (AvgIpc) is 2.55. The summed E-state index contributed by atoms with van der Waals surface area (Å²) in [4.78, 5) is 13.7. The van der Waals surface area contributed by atoms with E-state index in [1.807, 2.05) is 0 Å². The van der Waals surface area contributed by atoms with E-state index in [4.69, 9.17) is 4.74 Å². The lowest BCUT2D eigenvalue weighted by molar-refractivity contribution is 0.0774. The van der Waals surface area contributed by atoms with Gasteiger partial charge >= 0.3 is 0 Å². The van der Waals surface area contributed by atoms with Crippen LogP contribution in [-0.2, 0) is 14.8 Å². The number of halogens is 1. The van der Waals surface area contributed by atoms with Gasteiger partial charge < -0.3 is 9.64 Å². The Labute approximate surface area is 143 Å². The molecule has 0 bridgehead atoms. The van der Waals surface area contributed by atoms with Gasteiger partial charge in [0.1, 0.15) is 5.82 Å². The summed E-state index contributed by atoms with van der Waals surface area (Å²) >= 11 is 0. The molecule has 0 aliphatic carbocycles. The number of ether oxygens (including phenoxy) is 1. The van der Waals surface area contributed by atoms with Gasteiger partial charge in [0.05, 0.1) is 10.5 Å². The molecule has 0 spiro atoms. The van der Waals surface area contributed by atoms with Gasteiger partial charge in [0.2, 0.25) is 10.0 Å². The van der Waals surface area contributed by atoms with Gasteiger partial charge in [0.15, 0.2) is 0 Å². The second-order valence-electron chi connectivity index (χ2n) is 5.30. The maximum absolute atomic E-state index is 14.0. The van der Waals surface area contributed by atoms with E-state index in [9.17, 15) is 17.6 Å². The van der Waals surface area contributed by atoms with Crippen LogP contribution in [0.3, 0.4) is 0 Å². The third-order valence-electron chi connectivity index (χ3n) is 3.70. The first kappa shape index (κ1) is 20.5. The molecule has 1 aromatic carbocycles. The highest BCUT2D eigenvalue weighted by atomic mass is 32.2. The van der Waals surface area contributed by atoms with Gasteiger partial charge in [0.25, 0.3) is 5.91 Å². The summed E-state index contributed by atoms with van der Waals surface area (Å²) < 4.78 is 45.3. The van der Waals surface area contributed by atoms with Crippen LogP contribution in [0.1, 0.15) is 30.6 Å². The normalized spacial score (nSPS) is 11.8. The van der Waals surface area contributed by atoms with Crippen LogP contribution in [0, 0.1) is 5.82 Å². The van der Waals surface area contributed by atoms with Gasteiger partial charge in [-0.2, -0.15) is 4.31 Å². The smallest absolute Gasteiger partial charge is 0.256 e. The molecule has 1 rings (SSSR count). The molecule has 0 heterocycles. The molecule has 0 unspecified atom stereocenters. The van der Waals surface area contributed by atoms with Crippen LogP contribution in [0.4, 0.5) is 4.39 Å². The van der Waals surface area contributed by atoms with Crippen LogP contribution in [0.2, 0.25) is 0 Å². The molecule has 0 aromatic heterocycles. The Morgan fingerprint density at radius 2 is 1.88 bits per heavy atom. The topological polar surface area (TPSA) is 66.9 Å². The Morgan fingerprint density at radius 1 is 1.25 bits per heavy atom. The van der Waals surface area contributed by atoms with Gasteiger partial charge in [-0.3, -0.25) is 4.79 Å².